The molecule has 0 spiro atoms. The first-order valence-corrected chi connectivity index (χ1v) is 8.44. The number of rotatable bonds is 8. The Kier molecular flexibility index (Phi) is 11.0. The lowest BCUT2D eigenvalue weighted by Gasteiger charge is -2.34. The van der Waals surface area contributed by atoms with Gasteiger partial charge in [-0.2, -0.15) is 5.10 Å². The second kappa shape index (κ2) is 12.4. The monoisotopic (exact) mass is 467 g/mol. The van der Waals surface area contributed by atoms with Gasteiger partial charge in [-0.15, -0.1) is 24.0 Å². The molecule has 1 aliphatic heterocycles. The van der Waals surface area contributed by atoms with Crippen molar-refractivity contribution in [1.29, 1.82) is 0 Å². The topological polar surface area (TPSA) is 73.1 Å². The molecule has 25 heavy (non-hydrogen) atoms. The van der Waals surface area contributed by atoms with Gasteiger partial charge in [0.1, 0.15) is 6.10 Å². The molecule has 9 heteroatoms. The number of ether oxygens (including phenoxy) is 3. The Hall–Kier alpha value is -0.910. The Morgan fingerprint density at radius 3 is 2.96 bits per heavy atom. The maximum Gasteiger partial charge on any atom is 0.194 e. The number of morpholine rings is 1. The van der Waals surface area contributed by atoms with E-state index in [-0.39, 0.29) is 30.1 Å². The van der Waals surface area contributed by atoms with E-state index in [1.54, 1.807) is 11.8 Å². The highest BCUT2D eigenvalue weighted by Gasteiger charge is 2.25. The first-order chi connectivity index (χ1) is 11.7. The fraction of sp³-hybridized carbons (Fsp3) is 0.750. The van der Waals surface area contributed by atoms with Gasteiger partial charge in [-0.1, -0.05) is 0 Å². The molecule has 2 rings (SSSR count). The van der Waals surface area contributed by atoms with Crippen molar-refractivity contribution in [3.8, 4) is 0 Å². The van der Waals surface area contributed by atoms with Gasteiger partial charge in [0.2, 0.25) is 0 Å². The van der Waals surface area contributed by atoms with Gasteiger partial charge in [-0.05, 0) is 6.92 Å². The number of methoxy groups -OCH3 is 1. The van der Waals surface area contributed by atoms with Gasteiger partial charge < -0.3 is 24.4 Å². The fourth-order valence-corrected chi connectivity index (χ4v) is 2.54. The lowest BCUT2D eigenvalue weighted by atomic mass is 10.1. The Bertz CT molecular complexity index is 512. The zero-order chi connectivity index (χ0) is 17.2. The van der Waals surface area contributed by atoms with E-state index in [2.05, 4.69) is 27.2 Å². The molecule has 1 N–H and O–H groups in total. The van der Waals surface area contributed by atoms with Crippen LogP contribution in [0.15, 0.2) is 17.4 Å². The van der Waals surface area contributed by atoms with Crippen LogP contribution in [0.3, 0.4) is 0 Å². The number of guanidine groups is 1. The van der Waals surface area contributed by atoms with E-state index < -0.39 is 0 Å². The maximum absolute atomic E-state index is 5.89. The van der Waals surface area contributed by atoms with Crippen LogP contribution in [0.4, 0.5) is 0 Å². The average Bonchev–Trinajstić information content (AvgIpc) is 3.03. The molecule has 0 amide bonds. The van der Waals surface area contributed by atoms with Crippen molar-refractivity contribution in [3.63, 3.8) is 0 Å². The molecule has 1 aliphatic rings. The Labute approximate surface area is 166 Å². The third kappa shape index (κ3) is 7.47. The molecule has 0 aromatic carbocycles. The number of aromatic nitrogens is 2. The molecule has 1 saturated heterocycles. The summed E-state index contributed by atoms with van der Waals surface area (Å²) >= 11 is 0. The highest BCUT2D eigenvalue weighted by atomic mass is 127. The molecule has 0 radical (unpaired) electrons. The lowest BCUT2D eigenvalue weighted by molar-refractivity contribution is -0.00810. The van der Waals surface area contributed by atoms with Gasteiger partial charge in [0.15, 0.2) is 5.96 Å². The molecule has 1 atom stereocenters. The summed E-state index contributed by atoms with van der Waals surface area (Å²) in [7, 11) is 3.58. The Morgan fingerprint density at radius 2 is 2.28 bits per heavy atom. The van der Waals surface area contributed by atoms with Crippen molar-refractivity contribution < 1.29 is 14.2 Å². The largest absolute Gasteiger partial charge is 0.382 e. The molecule has 0 bridgehead atoms. The summed E-state index contributed by atoms with van der Waals surface area (Å²) in [6, 6.07) is 0. The summed E-state index contributed by atoms with van der Waals surface area (Å²) in [6.45, 7) is 7.60. The van der Waals surface area contributed by atoms with Crippen LogP contribution in [0.2, 0.25) is 0 Å². The van der Waals surface area contributed by atoms with Gasteiger partial charge in [-0.3, -0.25) is 9.67 Å². The van der Waals surface area contributed by atoms with E-state index in [4.69, 9.17) is 14.2 Å². The van der Waals surface area contributed by atoms with E-state index in [0.717, 1.165) is 31.2 Å². The SMILES string of the molecule is CCNC(=NCCOCCOC)N1CCOC(c2cnn(C)c2)C1.I. The van der Waals surface area contributed by atoms with E-state index in [0.29, 0.717) is 33.0 Å². The van der Waals surface area contributed by atoms with Crippen LogP contribution in [0, 0.1) is 0 Å². The minimum atomic E-state index is 0. The Balaban J connectivity index is 0.00000312. The van der Waals surface area contributed by atoms with Crippen molar-refractivity contribution in [1.82, 2.24) is 20.0 Å². The van der Waals surface area contributed by atoms with Gasteiger partial charge in [0.25, 0.3) is 0 Å². The average molecular weight is 467 g/mol. The Morgan fingerprint density at radius 1 is 1.44 bits per heavy atom. The van der Waals surface area contributed by atoms with Crippen LogP contribution in [-0.2, 0) is 21.3 Å². The number of nitrogens with zero attached hydrogens (tertiary/aromatic N) is 4. The highest BCUT2D eigenvalue weighted by molar-refractivity contribution is 14.0. The first-order valence-electron chi connectivity index (χ1n) is 8.44. The predicted molar refractivity (Wildman–Crippen MR) is 108 cm³/mol. The zero-order valence-corrected chi connectivity index (χ0v) is 17.6. The quantitative estimate of drug-likeness (QED) is 0.267. The van der Waals surface area contributed by atoms with Crippen molar-refractivity contribution >= 4 is 29.9 Å². The minimum absolute atomic E-state index is 0. The molecule has 0 aliphatic carbocycles. The smallest absolute Gasteiger partial charge is 0.194 e. The normalized spacial score (nSPS) is 18.1. The van der Waals surface area contributed by atoms with E-state index in [1.807, 2.05) is 19.4 Å². The molecule has 1 unspecified atom stereocenters. The molecule has 0 saturated carbocycles. The van der Waals surface area contributed by atoms with Crippen molar-refractivity contribution in [2.24, 2.45) is 12.0 Å². The number of nitrogens with one attached hydrogen (secondary N) is 1. The van der Waals surface area contributed by atoms with Gasteiger partial charge in [0.05, 0.1) is 45.7 Å². The summed E-state index contributed by atoms with van der Waals surface area (Å²) in [4.78, 5) is 6.89. The van der Waals surface area contributed by atoms with Crippen molar-refractivity contribution in [2.45, 2.75) is 13.0 Å². The van der Waals surface area contributed by atoms with Crippen LogP contribution in [-0.4, -0.2) is 80.4 Å². The number of aliphatic imine (C=N–C) groups is 1. The van der Waals surface area contributed by atoms with Crippen LogP contribution in [0.5, 0.6) is 0 Å². The second-order valence-corrected chi connectivity index (χ2v) is 5.59. The lowest BCUT2D eigenvalue weighted by Crippen LogP contribution is -2.48. The number of hydrogen-bond donors (Lipinski definition) is 1. The molecule has 1 aromatic rings. The number of hydrogen-bond acceptors (Lipinski definition) is 5. The fourth-order valence-electron chi connectivity index (χ4n) is 2.54. The molecule has 1 aromatic heterocycles. The number of halogens is 1. The molecule has 2 heterocycles. The summed E-state index contributed by atoms with van der Waals surface area (Å²) in [6.07, 6.45) is 3.89. The van der Waals surface area contributed by atoms with Gasteiger partial charge >= 0.3 is 0 Å². The highest BCUT2D eigenvalue weighted by Crippen LogP contribution is 2.21. The van der Waals surface area contributed by atoms with Crippen LogP contribution < -0.4 is 5.32 Å². The van der Waals surface area contributed by atoms with E-state index in [1.165, 1.54) is 0 Å². The third-order valence-electron chi connectivity index (χ3n) is 3.73. The minimum Gasteiger partial charge on any atom is -0.382 e. The summed E-state index contributed by atoms with van der Waals surface area (Å²) in [5.41, 5.74) is 1.10. The van der Waals surface area contributed by atoms with Crippen LogP contribution in [0.25, 0.3) is 0 Å². The molecular formula is C16H30IN5O3. The summed E-state index contributed by atoms with van der Waals surface area (Å²) in [5, 5.41) is 7.58. The zero-order valence-electron chi connectivity index (χ0n) is 15.3. The maximum atomic E-state index is 5.89. The van der Waals surface area contributed by atoms with E-state index >= 15 is 0 Å². The molecule has 1 fully saturated rings. The predicted octanol–water partition coefficient (Wildman–Crippen LogP) is 1.04. The third-order valence-corrected chi connectivity index (χ3v) is 3.73. The van der Waals surface area contributed by atoms with Crippen molar-refractivity contribution in [2.75, 3.05) is 59.7 Å². The molecule has 144 valence electrons. The molecular weight excluding hydrogens is 437 g/mol. The molecule has 8 nitrogen and oxygen atoms in total. The van der Waals surface area contributed by atoms with Gasteiger partial charge in [-0.25, -0.2) is 0 Å². The van der Waals surface area contributed by atoms with Crippen molar-refractivity contribution in [3.05, 3.63) is 18.0 Å². The number of aryl methyl sites for hydroxylation is 1. The van der Waals surface area contributed by atoms with E-state index in [9.17, 15) is 0 Å². The van der Waals surface area contributed by atoms with Crippen LogP contribution >= 0.6 is 24.0 Å². The standard InChI is InChI=1S/C16H29N5O3.HI/c1-4-17-16(18-5-7-23-10-9-22-3)21-6-8-24-15(13-21)14-11-19-20(2)12-14;/h11-12,15H,4-10,13H2,1-3H3,(H,17,18);1H. The van der Waals surface area contributed by atoms with Crippen LogP contribution in [0.1, 0.15) is 18.6 Å². The second-order valence-electron chi connectivity index (χ2n) is 5.59. The first kappa shape index (κ1) is 22.1. The summed E-state index contributed by atoms with van der Waals surface area (Å²) < 4.78 is 18.1. The summed E-state index contributed by atoms with van der Waals surface area (Å²) in [5.74, 6) is 0.907. The van der Waals surface area contributed by atoms with Gasteiger partial charge in [0, 0.05) is 39.0 Å².